The van der Waals surface area contributed by atoms with Crippen LogP contribution in [-0.4, -0.2) is 23.0 Å². The summed E-state index contributed by atoms with van der Waals surface area (Å²) >= 11 is 5.00. The normalized spacial score (nSPS) is 10.2. The number of imidazole rings is 1. The molecule has 0 spiro atoms. The summed E-state index contributed by atoms with van der Waals surface area (Å²) in [6.45, 7) is 1.99. The number of esters is 1. The fraction of sp³-hybridized carbons (Fsp3) is 0.167. The van der Waals surface area contributed by atoms with Gasteiger partial charge in [0.2, 0.25) is 0 Å². The van der Waals surface area contributed by atoms with Crippen molar-refractivity contribution < 1.29 is 9.53 Å². The quantitative estimate of drug-likeness (QED) is 0.634. The predicted molar refractivity (Wildman–Crippen MR) is 67.5 cm³/mol. The van der Waals surface area contributed by atoms with E-state index in [9.17, 15) is 4.79 Å². The van der Waals surface area contributed by atoms with Crippen LogP contribution in [0.3, 0.4) is 0 Å². The minimum atomic E-state index is -0.436. The zero-order valence-electron chi connectivity index (χ0n) is 9.53. The van der Waals surface area contributed by atoms with E-state index in [4.69, 9.17) is 17.0 Å². The standard InChI is InChI=1S/C12H12N2O2S/c1-7-4-3-5-8(6-7)9-10(11(15)16-2)14-12(17)13-9/h3-6H,1-2H3,(H2,13,14,17). The summed E-state index contributed by atoms with van der Waals surface area (Å²) in [4.78, 5) is 17.3. The third-order valence-electron chi connectivity index (χ3n) is 2.42. The number of aromatic nitrogens is 2. The molecule has 17 heavy (non-hydrogen) atoms. The summed E-state index contributed by atoms with van der Waals surface area (Å²) < 4.78 is 5.11. The van der Waals surface area contributed by atoms with E-state index in [1.807, 2.05) is 31.2 Å². The molecule has 0 fully saturated rings. The summed E-state index contributed by atoms with van der Waals surface area (Å²) in [7, 11) is 1.34. The van der Waals surface area contributed by atoms with Crippen LogP contribution >= 0.6 is 12.2 Å². The van der Waals surface area contributed by atoms with Crippen LogP contribution in [0.2, 0.25) is 0 Å². The third kappa shape index (κ3) is 2.29. The number of rotatable bonds is 2. The van der Waals surface area contributed by atoms with Crippen molar-refractivity contribution in [2.75, 3.05) is 7.11 Å². The second-order valence-corrected chi connectivity index (χ2v) is 4.10. The van der Waals surface area contributed by atoms with Crippen molar-refractivity contribution in [2.24, 2.45) is 0 Å². The maximum absolute atomic E-state index is 11.6. The molecule has 0 atom stereocenters. The first-order chi connectivity index (χ1) is 8.11. The molecule has 0 unspecified atom stereocenters. The molecule has 2 rings (SSSR count). The molecule has 5 heteroatoms. The van der Waals surface area contributed by atoms with Crippen LogP contribution in [0, 0.1) is 11.7 Å². The molecule has 0 amide bonds. The summed E-state index contributed by atoms with van der Waals surface area (Å²) in [5.41, 5.74) is 3.02. The van der Waals surface area contributed by atoms with Gasteiger partial charge in [-0.25, -0.2) is 4.79 Å². The number of nitrogens with one attached hydrogen (secondary N) is 2. The van der Waals surface area contributed by atoms with Crippen molar-refractivity contribution in [2.45, 2.75) is 6.92 Å². The molecule has 1 aromatic heterocycles. The Labute approximate surface area is 104 Å². The Morgan fingerprint density at radius 3 is 2.76 bits per heavy atom. The molecule has 4 nitrogen and oxygen atoms in total. The molecule has 0 aliphatic heterocycles. The lowest BCUT2D eigenvalue weighted by atomic mass is 10.1. The van der Waals surface area contributed by atoms with E-state index in [1.54, 1.807) is 0 Å². The van der Waals surface area contributed by atoms with Crippen LogP contribution in [0.4, 0.5) is 0 Å². The van der Waals surface area contributed by atoms with Gasteiger partial charge in [-0.2, -0.15) is 0 Å². The maximum atomic E-state index is 11.6. The molecule has 2 N–H and O–H groups in total. The third-order valence-corrected chi connectivity index (χ3v) is 2.63. The average molecular weight is 248 g/mol. The summed E-state index contributed by atoms with van der Waals surface area (Å²) in [5, 5.41) is 0. The molecule has 0 radical (unpaired) electrons. The number of hydrogen-bond donors (Lipinski definition) is 2. The predicted octanol–water partition coefficient (Wildman–Crippen LogP) is 2.83. The number of carbonyl (C=O) groups is 1. The fourth-order valence-corrected chi connectivity index (χ4v) is 1.86. The second kappa shape index (κ2) is 4.55. The van der Waals surface area contributed by atoms with Gasteiger partial charge in [0.25, 0.3) is 0 Å². The highest BCUT2D eigenvalue weighted by Crippen LogP contribution is 2.22. The zero-order chi connectivity index (χ0) is 12.4. The van der Waals surface area contributed by atoms with Gasteiger partial charge in [0, 0.05) is 5.56 Å². The first-order valence-electron chi connectivity index (χ1n) is 5.09. The summed E-state index contributed by atoms with van der Waals surface area (Å²) in [6.07, 6.45) is 0. The van der Waals surface area contributed by atoms with Crippen molar-refractivity contribution >= 4 is 18.2 Å². The van der Waals surface area contributed by atoms with Crippen LogP contribution in [0.1, 0.15) is 16.1 Å². The number of carbonyl (C=O) groups excluding carboxylic acids is 1. The highest BCUT2D eigenvalue weighted by Gasteiger charge is 2.16. The maximum Gasteiger partial charge on any atom is 0.356 e. The van der Waals surface area contributed by atoms with Gasteiger partial charge >= 0.3 is 5.97 Å². The number of H-pyrrole nitrogens is 2. The van der Waals surface area contributed by atoms with E-state index in [2.05, 4.69) is 9.97 Å². The molecular weight excluding hydrogens is 236 g/mol. The number of aryl methyl sites for hydroxylation is 1. The van der Waals surface area contributed by atoms with Crippen molar-refractivity contribution in [1.29, 1.82) is 0 Å². The highest BCUT2D eigenvalue weighted by atomic mass is 32.1. The molecule has 88 valence electrons. The average Bonchev–Trinajstić information content (AvgIpc) is 2.70. The summed E-state index contributed by atoms with van der Waals surface area (Å²) in [6, 6.07) is 7.80. The number of hydrogen-bond acceptors (Lipinski definition) is 3. The lowest BCUT2D eigenvalue weighted by molar-refractivity contribution is 0.0595. The Balaban J connectivity index is 2.59. The van der Waals surface area contributed by atoms with Gasteiger partial charge in [-0.05, 0) is 25.2 Å². The largest absolute Gasteiger partial charge is 0.464 e. The lowest BCUT2D eigenvalue weighted by Crippen LogP contribution is -2.03. The van der Waals surface area contributed by atoms with E-state index in [0.29, 0.717) is 16.2 Å². The fourth-order valence-electron chi connectivity index (χ4n) is 1.66. The van der Waals surface area contributed by atoms with E-state index in [1.165, 1.54) is 7.11 Å². The molecule has 1 heterocycles. The SMILES string of the molecule is COC(=O)c1[nH]c(=S)[nH]c1-c1cccc(C)c1. The minimum absolute atomic E-state index is 0.350. The van der Waals surface area contributed by atoms with Gasteiger partial charge in [0.1, 0.15) is 0 Å². The van der Waals surface area contributed by atoms with Gasteiger partial charge in [-0.15, -0.1) is 0 Å². The van der Waals surface area contributed by atoms with Crippen molar-refractivity contribution in [1.82, 2.24) is 9.97 Å². The summed E-state index contributed by atoms with van der Waals surface area (Å²) in [5.74, 6) is -0.436. The first kappa shape index (κ1) is 11.6. The van der Waals surface area contributed by atoms with E-state index in [0.717, 1.165) is 11.1 Å². The van der Waals surface area contributed by atoms with E-state index in [-0.39, 0.29) is 0 Å². The number of methoxy groups -OCH3 is 1. The monoisotopic (exact) mass is 248 g/mol. The Hall–Kier alpha value is -1.88. The van der Waals surface area contributed by atoms with Gasteiger partial charge in [-0.3, -0.25) is 0 Å². The molecule has 1 aromatic carbocycles. The molecule has 2 aromatic rings. The molecule has 0 aliphatic carbocycles. The first-order valence-corrected chi connectivity index (χ1v) is 5.50. The Morgan fingerprint density at radius 2 is 2.12 bits per heavy atom. The van der Waals surface area contributed by atoms with Gasteiger partial charge in [0.15, 0.2) is 10.5 Å². The smallest absolute Gasteiger partial charge is 0.356 e. The number of benzene rings is 1. The molecule has 0 saturated heterocycles. The Kier molecular flexibility index (Phi) is 3.10. The van der Waals surface area contributed by atoms with Gasteiger partial charge in [-0.1, -0.05) is 23.8 Å². The minimum Gasteiger partial charge on any atom is -0.464 e. The second-order valence-electron chi connectivity index (χ2n) is 3.69. The van der Waals surface area contributed by atoms with Crippen LogP contribution in [0.25, 0.3) is 11.3 Å². The highest BCUT2D eigenvalue weighted by molar-refractivity contribution is 7.71. The van der Waals surface area contributed by atoms with Crippen LogP contribution in [0.5, 0.6) is 0 Å². The number of ether oxygens (including phenoxy) is 1. The van der Waals surface area contributed by atoms with E-state index >= 15 is 0 Å². The number of aromatic amines is 2. The topological polar surface area (TPSA) is 57.9 Å². The van der Waals surface area contributed by atoms with Gasteiger partial charge < -0.3 is 14.7 Å². The lowest BCUT2D eigenvalue weighted by Gasteiger charge is -2.02. The molecule has 0 bridgehead atoms. The van der Waals surface area contributed by atoms with Crippen molar-refractivity contribution in [3.8, 4) is 11.3 Å². The van der Waals surface area contributed by atoms with Crippen LogP contribution in [0.15, 0.2) is 24.3 Å². The zero-order valence-corrected chi connectivity index (χ0v) is 10.4. The molecule has 0 aliphatic rings. The Bertz CT molecular complexity index is 613. The van der Waals surface area contributed by atoms with Crippen molar-refractivity contribution in [3.05, 3.63) is 40.3 Å². The van der Waals surface area contributed by atoms with Gasteiger partial charge in [0.05, 0.1) is 12.8 Å². The van der Waals surface area contributed by atoms with Crippen molar-refractivity contribution in [3.63, 3.8) is 0 Å². The van der Waals surface area contributed by atoms with E-state index < -0.39 is 5.97 Å². The molecular formula is C12H12N2O2S. The molecule has 0 saturated carbocycles. The Morgan fingerprint density at radius 1 is 1.35 bits per heavy atom. The van der Waals surface area contributed by atoms with Crippen LogP contribution < -0.4 is 0 Å². The van der Waals surface area contributed by atoms with Crippen LogP contribution in [-0.2, 0) is 4.74 Å².